The summed E-state index contributed by atoms with van der Waals surface area (Å²) in [4.78, 5) is 13.8. The molecule has 1 aliphatic heterocycles. The van der Waals surface area contributed by atoms with E-state index in [1.807, 2.05) is 0 Å². The van der Waals surface area contributed by atoms with Gasteiger partial charge in [-0.2, -0.15) is 4.31 Å². The maximum absolute atomic E-state index is 12.9. The van der Waals surface area contributed by atoms with Crippen LogP contribution >= 0.6 is 0 Å². The predicted molar refractivity (Wildman–Crippen MR) is 93.2 cm³/mol. The zero-order chi connectivity index (χ0) is 19.0. The molecular weight excluding hydrogens is 376 g/mol. The number of aromatic nitrogens is 3. The molecule has 1 fully saturated rings. The second-order valence-electron chi connectivity index (χ2n) is 5.98. The number of hydrogen-bond acceptors (Lipinski definition) is 8. The number of H-pyrrole nitrogens is 1. The first-order valence-corrected chi connectivity index (χ1v) is 9.57. The number of ether oxygens (including phenoxy) is 2. The molecule has 0 saturated carbocycles. The van der Waals surface area contributed by atoms with Crippen LogP contribution < -0.4 is 15.2 Å². The van der Waals surface area contributed by atoms with Crippen LogP contribution in [0.2, 0.25) is 0 Å². The smallest absolute Gasteiger partial charge is 0.417 e. The Morgan fingerprint density at radius 3 is 2.74 bits per heavy atom. The summed E-state index contributed by atoms with van der Waals surface area (Å²) < 4.78 is 42.6. The Kier molecular flexibility index (Phi) is 4.32. The highest BCUT2D eigenvalue weighted by atomic mass is 32.2. The van der Waals surface area contributed by atoms with E-state index in [2.05, 4.69) is 15.2 Å². The average Bonchev–Trinajstić information content (AvgIpc) is 3.27. The fourth-order valence-electron chi connectivity index (χ4n) is 2.90. The van der Waals surface area contributed by atoms with Crippen LogP contribution in [-0.4, -0.2) is 54.2 Å². The molecule has 3 heterocycles. The molecule has 1 aromatic carbocycles. The van der Waals surface area contributed by atoms with Crippen LogP contribution in [0.25, 0.3) is 11.1 Å². The number of methoxy groups -OCH3 is 1. The third-order valence-electron chi connectivity index (χ3n) is 4.25. The molecule has 11 heteroatoms. The molecule has 1 atom stereocenters. The van der Waals surface area contributed by atoms with E-state index in [9.17, 15) is 13.2 Å². The maximum atomic E-state index is 12.9. The summed E-state index contributed by atoms with van der Waals surface area (Å²) in [7, 11) is -2.24. The monoisotopic (exact) mass is 392 g/mol. The summed E-state index contributed by atoms with van der Waals surface area (Å²) in [6.07, 6.45) is 0.192. The highest BCUT2D eigenvalue weighted by Crippen LogP contribution is 2.25. The lowest BCUT2D eigenvalue weighted by Crippen LogP contribution is -2.31. The minimum absolute atomic E-state index is 0.0805. The molecule has 27 heavy (non-hydrogen) atoms. The van der Waals surface area contributed by atoms with Crippen molar-refractivity contribution in [3.05, 3.63) is 40.9 Å². The Balaban J connectivity index is 1.49. The van der Waals surface area contributed by atoms with Crippen LogP contribution in [-0.2, 0) is 10.0 Å². The first kappa shape index (κ1) is 17.5. The third-order valence-corrected chi connectivity index (χ3v) is 6.11. The van der Waals surface area contributed by atoms with E-state index >= 15 is 0 Å². The zero-order valence-corrected chi connectivity index (χ0v) is 15.1. The SMILES string of the molecule is COc1ccc(O[C@@H]2CCN(S(=O)(=O)c3ccc4oc(=O)[nH]c4c3)C2)nn1. The molecule has 10 nitrogen and oxygen atoms in total. The Hall–Kier alpha value is -2.92. The minimum Gasteiger partial charge on any atom is -0.480 e. The van der Waals surface area contributed by atoms with Crippen molar-refractivity contribution in [3.8, 4) is 11.8 Å². The summed E-state index contributed by atoms with van der Waals surface area (Å²) in [5.41, 5.74) is 0.640. The maximum Gasteiger partial charge on any atom is 0.417 e. The molecular formula is C16H16N4O6S. The van der Waals surface area contributed by atoms with Crippen molar-refractivity contribution in [3.63, 3.8) is 0 Å². The largest absolute Gasteiger partial charge is 0.480 e. The van der Waals surface area contributed by atoms with Gasteiger partial charge < -0.3 is 13.9 Å². The fourth-order valence-corrected chi connectivity index (χ4v) is 4.42. The van der Waals surface area contributed by atoms with Gasteiger partial charge >= 0.3 is 5.76 Å². The molecule has 1 N–H and O–H groups in total. The molecule has 0 spiro atoms. The Morgan fingerprint density at radius 2 is 2.00 bits per heavy atom. The van der Waals surface area contributed by atoms with Gasteiger partial charge in [0.1, 0.15) is 6.10 Å². The highest BCUT2D eigenvalue weighted by molar-refractivity contribution is 7.89. The first-order chi connectivity index (χ1) is 13.0. The van der Waals surface area contributed by atoms with Crippen LogP contribution in [0.15, 0.2) is 44.4 Å². The topological polar surface area (TPSA) is 128 Å². The Labute approximate surface area is 153 Å². The van der Waals surface area contributed by atoms with Gasteiger partial charge in [-0.3, -0.25) is 4.98 Å². The Bertz CT molecular complexity index is 1120. The minimum atomic E-state index is -3.72. The summed E-state index contributed by atoms with van der Waals surface area (Å²) in [5, 5.41) is 7.70. The van der Waals surface area contributed by atoms with Crippen LogP contribution in [0.4, 0.5) is 0 Å². The van der Waals surface area contributed by atoms with E-state index in [0.717, 1.165) is 0 Å². The van der Waals surface area contributed by atoms with E-state index < -0.39 is 15.8 Å². The third kappa shape index (κ3) is 3.38. The second kappa shape index (κ2) is 6.67. The number of fused-ring (bicyclic) bond motifs is 1. The molecule has 1 aliphatic rings. The second-order valence-corrected chi connectivity index (χ2v) is 7.92. The zero-order valence-electron chi connectivity index (χ0n) is 14.3. The van der Waals surface area contributed by atoms with Crippen molar-refractivity contribution in [2.45, 2.75) is 17.4 Å². The predicted octanol–water partition coefficient (Wildman–Crippen LogP) is 0.762. The lowest BCUT2D eigenvalue weighted by molar-refractivity contribution is 0.203. The van der Waals surface area contributed by atoms with Crippen molar-refractivity contribution < 1.29 is 22.3 Å². The number of nitrogens with one attached hydrogen (secondary N) is 1. The van der Waals surface area contributed by atoms with E-state index in [1.54, 1.807) is 12.1 Å². The van der Waals surface area contributed by atoms with Gasteiger partial charge in [-0.05, 0) is 24.6 Å². The standard InChI is InChI=1S/C16H16N4O6S/c1-24-14-4-5-15(19-18-14)25-10-6-7-20(9-10)27(22,23)11-2-3-13-12(8-11)17-16(21)26-13/h2-5,8,10H,6-7,9H2,1H3,(H,17,21)/t10-/m1/s1. The van der Waals surface area contributed by atoms with Crippen molar-refractivity contribution in [2.75, 3.05) is 20.2 Å². The van der Waals surface area contributed by atoms with Crippen LogP contribution in [0, 0.1) is 0 Å². The van der Waals surface area contributed by atoms with Crippen LogP contribution in [0.3, 0.4) is 0 Å². The molecule has 3 aromatic rings. The summed E-state index contributed by atoms with van der Waals surface area (Å²) in [6, 6.07) is 7.49. The van der Waals surface area contributed by atoms with Gasteiger partial charge in [0.25, 0.3) is 0 Å². The normalized spacial score (nSPS) is 18.0. The van der Waals surface area contributed by atoms with Crippen molar-refractivity contribution in [2.24, 2.45) is 0 Å². The highest BCUT2D eigenvalue weighted by Gasteiger charge is 2.34. The summed E-state index contributed by atoms with van der Waals surface area (Å²) >= 11 is 0. The summed E-state index contributed by atoms with van der Waals surface area (Å²) in [5.74, 6) is 0.0397. The van der Waals surface area contributed by atoms with Gasteiger partial charge in [-0.15, -0.1) is 10.2 Å². The number of rotatable bonds is 5. The van der Waals surface area contributed by atoms with E-state index in [1.165, 1.54) is 29.6 Å². The molecule has 142 valence electrons. The van der Waals surface area contributed by atoms with Crippen molar-refractivity contribution >= 4 is 21.1 Å². The lowest BCUT2D eigenvalue weighted by Gasteiger charge is -2.17. The van der Waals surface area contributed by atoms with Crippen LogP contribution in [0.5, 0.6) is 11.8 Å². The van der Waals surface area contributed by atoms with E-state index in [4.69, 9.17) is 13.9 Å². The number of aromatic amines is 1. The van der Waals surface area contributed by atoms with Gasteiger partial charge in [-0.25, -0.2) is 13.2 Å². The molecule has 4 rings (SSSR count). The molecule has 1 saturated heterocycles. The molecule has 0 radical (unpaired) electrons. The van der Waals surface area contributed by atoms with E-state index in [0.29, 0.717) is 35.8 Å². The molecule has 0 aliphatic carbocycles. The van der Waals surface area contributed by atoms with Crippen LogP contribution in [0.1, 0.15) is 6.42 Å². The number of hydrogen-bond donors (Lipinski definition) is 1. The van der Waals surface area contributed by atoms with Gasteiger partial charge in [0.05, 0.1) is 24.1 Å². The quantitative estimate of drug-likeness (QED) is 0.674. The first-order valence-electron chi connectivity index (χ1n) is 8.13. The van der Waals surface area contributed by atoms with Crippen molar-refractivity contribution in [1.82, 2.24) is 19.5 Å². The van der Waals surface area contributed by atoms with Gasteiger partial charge in [-0.1, -0.05) is 0 Å². The molecule has 2 aromatic heterocycles. The summed E-state index contributed by atoms with van der Waals surface area (Å²) in [6.45, 7) is 0.506. The molecule has 0 amide bonds. The van der Waals surface area contributed by atoms with E-state index in [-0.39, 0.29) is 17.5 Å². The number of sulfonamides is 1. The van der Waals surface area contributed by atoms with Crippen molar-refractivity contribution in [1.29, 1.82) is 0 Å². The number of oxazole rings is 1. The lowest BCUT2D eigenvalue weighted by atomic mass is 10.3. The number of benzene rings is 1. The molecule has 0 unspecified atom stereocenters. The molecule has 0 bridgehead atoms. The van der Waals surface area contributed by atoms with Gasteiger partial charge in [0.15, 0.2) is 5.58 Å². The van der Waals surface area contributed by atoms with Gasteiger partial charge in [0, 0.05) is 18.7 Å². The Morgan fingerprint density at radius 1 is 1.22 bits per heavy atom. The van der Waals surface area contributed by atoms with Gasteiger partial charge in [0.2, 0.25) is 21.8 Å². The fraction of sp³-hybridized carbons (Fsp3) is 0.312. The average molecular weight is 392 g/mol. The number of nitrogens with zero attached hydrogens (tertiary/aromatic N) is 3.